The Labute approximate surface area is 137 Å². The highest BCUT2D eigenvalue weighted by Gasteiger charge is 2.30. The second kappa shape index (κ2) is 5.89. The average molecular weight is 344 g/mol. The van der Waals surface area contributed by atoms with Crippen molar-refractivity contribution in [1.29, 1.82) is 0 Å². The van der Waals surface area contributed by atoms with Gasteiger partial charge in [-0.25, -0.2) is 8.42 Å². The van der Waals surface area contributed by atoms with Gasteiger partial charge < -0.3 is 4.74 Å². The summed E-state index contributed by atoms with van der Waals surface area (Å²) >= 11 is 0. The number of hydrogen-bond donors (Lipinski definition) is 0. The minimum atomic E-state index is -4.09. The summed E-state index contributed by atoms with van der Waals surface area (Å²) in [5.74, 6) is 0.348. The summed E-state index contributed by atoms with van der Waals surface area (Å²) in [6.07, 6.45) is 1.49. The Balaban J connectivity index is 2.32. The molecule has 1 heterocycles. The van der Waals surface area contributed by atoms with Crippen molar-refractivity contribution in [2.45, 2.75) is 9.79 Å². The summed E-state index contributed by atoms with van der Waals surface area (Å²) in [7, 11) is -2.68. The number of aromatic nitrogens is 1. The molecule has 0 N–H and O–H groups in total. The Bertz CT molecular complexity index is 1050. The second-order valence-electron chi connectivity index (χ2n) is 4.92. The van der Waals surface area contributed by atoms with E-state index in [4.69, 9.17) is 4.74 Å². The van der Waals surface area contributed by atoms with Crippen LogP contribution in [0.15, 0.2) is 64.5 Å². The number of methoxy groups -OCH3 is 1. The van der Waals surface area contributed by atoms with Gasteiger partial charge in [-0.2, -0.15) is 0 Å². The molecular formula is C16H12N2O5S. The van der Waals surface area contributed by atoms with Crippen molar-refractivity contribution in [2.24, 2.45) is 0 Å². The molecule has 0 bridgehead atoms. The van der Waals surface area contributed by atoms with E-state index in [0.29, 0.717) is 11.3 Å². The minimum absolute atomic E-state index is 0.0757. The molecule has 7 nitrogen and oxygen atoms in total. The zero-order chi connectivity index (χ0) is 17.3. The van der Waals surface area contributed by atoms with Gasteiger partial charge in [0.1, 0.15) is 10.6 Å². The molecule has 0 amide bonds. The molecule has 3 aromatic rings. The van der Waals surface area contributed by atoms with Crippen molar-refractivity contribution in [3.05, 3.63) is 64.8 Å². The molecule has 0 unspecified atom stereocenters. The van der Waals surface area contributed by atoms with Crippen LogP contribution in [-0.2, 0) is 9.84 Å². The molecule has 0 fully saturated rings. The van der Waals surface area contributed by atoms with Gasteiger partial charge in [0.25, 0.3) is 5.69 Å². The highest BCUT2D eigenvalue weighted by Crippen LogP contribution is 2.35. The molecule has 0 spiro atoms. The molecule has 0 aliphatic rings. The SMILES string of the molecule is COc1cccc(S(=O)(=O)c2ccc3ncccc3c2[N+](=O)[O-])c1. The van der Waals surface area contributed by atoms with Crippen LogP contribution < -0.4 is 4.74 Å². The maximum atomic E-state index is 12.9. The highest BCUT2D eigenvalue weighted by atomic mass is 32.2. The van der Waals surface area contributed by atoms with E-state index in [2.05, 4.69) is 4.98 Å². The molecule has 0 radical (unpaired) electrons. The molecule has 2 aromatic carbocycles. The number of nitro groups is 1. The Morgan fingerprint density at radius 2 is 1.92 bits per heavy atom. The van der Waals surface area contributed by atoms with E-state index in [-0.39, 0.29) is 15.2 Å². The van der Waals surface area contributed by atoms with Gasteiger partial charge in [-0.15, -0.1) is 0 Å². The van der Waals surface area contributed by atoms with Crippen molar-refractivity contribution in [2.75, 3.05) is 7.11 Å². The van der Waals surface area contributed by atoms with E-state index in [1.165, 1.54) is 55.8 Å². The highest BCUT2D eigenvalue weighted by molar-refractivity contribution is 7.91. The first-order valence-corrected chi connectivity index (χ1v) is 8.35. The summed E-state index contributed by atoms with van der Waals surface area (Å²) in [4.78, 5) is 14.4. The summed E-state index contributed by atoms with van der Waals surface area (Å²) in [6, 6.07) is 11.5. The van der Waals surface area contributed by atoms with Gasteiger partial charge in [0.2, 0.25) is 9.84 Å². The molecular weight excluding hydrogens is 332 g/mol. The van der Waals surface area contributed by atoms with Crippen molar-refractivity contribution in [1.82, 2.24) is 4.98 Å². The lowest BCUT2D eigenvalue weighted by Gasteiger charge is -2.08. The molecule has 1 aromatic heterocycles. The maximum Gasteiger partial charge on any atom is 0.297 e. The average Bonchev–Trinajstić information content (AvgIpc) is 2.60. The van der Waals surface area contributed by atoms with Crippen LogP contribution in [0, 0.1) is 10.1 Å². The lowest BCUT2D eigenvalue weighted by molar-refractivity contribution is -0.386. The molecule has 3 rings (SSSR count). The fourth-order valence-corrected chi connectivity index (χ4v) is 3.89. The van der Waals surface area contributed by atoms with Gasteiger partial charge in [0, 0.05) is 6.20 Å². The van der Waals surface area contributed by atoms with Crippen LogP contribution in [0.3, 0.4) is 0 Å². The predicted molar refractivity (Wildman–Crippen MR) is 86.8 cm³/mol. The topological polar surface area (TPSA) is 99.4 Å². The van der Waals surface area contributed by atoms with E-state index in [1.54, 1.807) is 6.07 Å². The molecule has 24 heavy (non-hydrogen) atoms. The number of pyridine rings is 1. The van der Waals surface area contributed by atoms with Gasteiger partial charge >= 0.3 is 0 Å². The molecule has 0 saturated carbocycles. The lowest BCUT2D eigenvalue weighted by atomic mass is 10.2. The third-order valence-corrected chi connectivity index (χ3v) is 5.33. The third-order valence-electron chi connectivity index (χ3n) is 3.54. The normalized spacial score (nSPS) is 11.4. The first-order valence-electron chi connectivity index (χ1n) is 6.86. The smallest absolute Gasteiger partial charge is 0.297 e. The number of hydrogen-bond acceptors (Lipinski definition) is 6. The van der Waals surface area contributed by atoms with Crippen LogP contribution in [0.25, 0.3) is 10.9 Å². The van der Waals surface area contributed by atoms with Crippen molar-refractivity contribution < 1.29 is 18.1 Å². The fourth-order valence-electron chi connectivity index (χ4n) is 2.42. The molecule has 0 saturated heterocycles. The van der Waals surface area contributed by atoms with Gasteiger partial charge in [-0.05, 0) is 42.5 Å². The van der Waals surface area contributed by atoms with Crippen LogP contribution in [0.1, 0.15) is 0 Å². The lowest BCUT2D eigenvalue weighted by Crippen LogP contribution is -2.06. The number of nitrogens with zero attached hydrogens (tertiary/aromatic N) is 2. The molecule has 0 aliphatic carbocycles. The monoisotopic (exact) mass is 344 g/mol. The summed E-state index contributed by atoms with van der Waals surface area (Å²) in [6.45, 7) is 0. The summed E-state index contributed by atoms with van der Waals surface area (Å²) < 4.78 is 30.8. The van der Waals surface area contributed by atoms with Crippen LogP contribution in [0.4, 0.5) is 5.69 Å². The molecule has 0 aliphatic heterocycles. The van der Waals surface area contributed by atoms with Crippen LogP contribution in [0.5, 0.6) is 5.75 Å². The van der Waals surface area contributed by atoms with E-state index in [9.17, 15) is 18.5 Å². The fraction of sp³-hybridized carbons (Fsp3) is 0.0625. The Hall–Kier alpha value is -3.00. The number of ether oxygens (including phenoxy) is 1. The number of rotatable bonds is 4. The van der Waals surface area contributed by atoms with E-state index < -0.39 is 20.4 Å². The Morgan fingerprint density at radius 1 is 1.12 bits per heavy atom. The van der Waals surface area contributed by atoms with Gasteiger partial charge in [0.05, 0.1) is 27.8 Å². The van der Waals surface area contributed by atoms with Crippen molar-refractivity contribution in [3.63, 3.8) is 0 Å². The van der Waals surface area contributed by atoms with Crippen LogP contribution in [0.2, 0.25) is 0 Å². The van der Waals surface area contributed by atoms with Crippen molar-refractivity contribution >= 4 is 26.4 Å². The molecule has 122 valence electrons. The van der Waals surface area contributed by atoms with Crippen LogP contribution >= 0.6 is 0 Å². The van der Waals surface area contributed by atoms with E-state index in [0.717, 1.165) is 0 Å². The van der Waals surface area contributed by atoms with Gasteiger partial charge in [-0.3, -0.25) is 15.1 Å². The summed E-state index contributed by atoms with van der Waals surface area (Å²) in [5.41, 5.74) is -0.128. The molecule has 0 atom stereocenters. The van der Waals surface area contributed by atoms with E-state index >= 15 is 0 Å². The summed E-state index contributed by atoms with van der Waals surface area (Å²) in [5, 5.41) is 11.7. The maximum absolute atomic E-state index is 12.9. The first-order chi connectivity index (χ1) is 11.4. The Morgan fingerprint density at radius 3 is 2.62 bits per heavy atom. The zero-order valence-electron chi connectivity index (χ0n) is 12.5. The number of sulfone groups is 1. The molecule has 8 heteroatoms. The van der Waals surface area contributed by atoms with Crippen molar-refractivity contribution in [3.8, 4) is 5.75 Å². The predicted octanol–water partition coefficient (Wildman–Crippen LogP) is 2.98. The second-order valence-corrected chi connectivity index (χ2v) is 6.84. The Kier molecular flexibility index (Phi) is 3.90. The number of nitro benzene ring substituents is 1. The quantitative estimate of drug-likeness (QED) is 0.533. The number of fused-ring (bicyclic) bond motifs is 1. The minimum Gasteiger partial charge on any atom is -0.497 e. The van der Waals surface area contributed by atoms with E-state index in [1.807, 2.05) is 0 Å². The number of benzene rings is 2. The first kappa shape index (κ1) is 15.9. The third kappa shape index (κ3) is 2.56. The van der Waals surface area contributed by atoms with Crippen LogP contribution in [-0.4, -0.2) is 25.4 Å². The van der Waals surface area contributed by atoms with Gasteiger partial charge in [-0.1, -0.05) is 6.07 Å². The zero-order valence-corrected chi connectivity index (χ0v) is 13.4. The largest absolute Gasteiger partial charge is 0.497 e. The van der Waals surface area contributed by atoms with Gasteiger partial charge in [0.15, 0.2) is 0 Å². The standard InChI is InChI=1S/C16H12N2O5S/c1-23-11-4-2-5-12(10-11)24(21,22)15-8-7-14-13(6-3-9-17-14)16(15)18(19)20/h2-10H,1H3.